The number of halogens is 2. The fourth-order valence-corrected chi connectivity index (χ4v) is 2.11. The van der Waals surface area contributed by atoms with Gasteiger partial charge in [-0.05, 0) is 23.8 Å². The lowest BCUT2D eigenvalue weighted by Gasteiger charge is -2.12. The first-order valence-electron chi connectivity index (χ1n) is 5.68. The molecular weight excluding hydrogens is 330 g/mol. The molecule has 0 atom stereocenters. The Bertz CT molecular complexity index is 563. The molecule has 100 valence electrons. The first-order valence-corrected chi connectivity index (χ1v) is 7.18. The summed E-state index contributed by atoms with van der Waals surface area (Å²) in [5, 5.41) is 1.37. The molecule has 2 rings (SSSR count). The predicted molar refractivity (Wildman–Crippen MR) is 79.2 cm³/mol. The van der Waals surface area contributed by atoms with Crippen LogP contribution < -0.4 is 9.47 Å². The zero-order valence-electron chi connectivity index (χ0n) is 10.4. The van der Waals surface area contributed by atoms with Gasteiger partial charge in [-0.1, -0.05) is 33.6 Å². The van der Waals surface area contributed by atoms with Crippen molar-refractivity contribution in [3.05, 3.63) is 52.8 Å². The van der Waals surface area contributed by atoms with Crippen LogP contribution in [-0.4, -0.2) is 12.1 Å². The first kappa shape index (κ1) is 14.2. The van der Waals surface area contributed by atoms with Crippen molar-refractivity contribution >= 4 is 27.5 Å². The van der Waals surface area contributed by atoms with Gasteiger partial charge in [-0.25, -0.2) is 0 Å². The number of nitrogens with zero attached hydrogens (tertiary/aromatic N) is 1. The molecule has 0 radical (unpaired) electrons. The molecule has 0 aliphatic heterocycles. The molecule has 1 aromatic heterocycles. The SMILES string of the molecule is COc1cc(CBr)ccc1OCc1ccncc1Cl. The van der Waals surface area contributed by atoms with Crippen LogP contribution in [0.4, 0.5) is 0 Å². The van der Waals surface area contributed by atoms with E-state index in [0.717, 1.165) is 16.5 Å². The van der Waals surface area contributed by atoms with Crippen LogP contribution in [0.15, 0.2) is 36.7 Å². The third-order valence-corrected chi connectivity index (χ3v) is 3.61. The summed E-state index contributed by atoms with van der Waals surface area (Å²) in [6, 6.07) is 7.66. The number of alkyl halides is 1. The summed E-state index contributed by atoms with van der Waals surface area (Å²) < 4.78 is 11.1. The quantitative estimate of drug-likeness (QED) is 0.763. The maximum atomic E-state index is 6.03. The molecule has 19 heavy (non-hydrogen) atoms. The van der Waals surface area contributed by atoms with Gasteiger partial charge in [-0.15, -0.1) is 0 Å². The Morgan fingerprint density at radius 1 is 1.26 bits per heavy atom. The normalized spacial score (nSPS) is 10.3. The van der Waals surface area contributed by atoms with Gasteiger partial charge in [0.2, 0.25) is 0 Å². The highest BCUT2D eigenvalue weighted by atomic mass is 79.9. The van der Waals surface area contributed by atoms with E-state index in [1.807, 2.05) is 24.3 Å². The highest BCUT2D eigenvalue weighted by molar-refractivity contribution is 9.08. The molecule has 0 amide bonds. The fraction of sp³-hybridized carbons (Fsp3) is 0.214. The number of benzene rings is 1. The number of pyridine rings is 1. The van der Waals surface area contributed by atoms with Gasteiger partial charge < -0.3 is 9.47 Å². The summed E-state index contributed by atoms with van der Waals surface area (Å²) in [6.45, 7) is 0.380. The number of ether oxygens (including phenoxy) is 2. The van der Waals surface area contributed by atoms with Crippen LogP contribution in [0, 0.1) is 0 Å². The zero-order chi connectivity index (χ0) is 13.7. The molecule has 0 N–H and O–H groups in total. The molecule has 5 heteroatoms. The van der Waals surface area contributed by atoms with Crippen molar-refractivity contribution in [2.45, 2.75) is 11.9 Å². The van der Waals surface area contributed by atoms with Crippen molar-refractivity contribution in [3.8, 4) is 11.5 Å². The largest absolute Gasteiger partial charge is 0.493 e. The highest BCUT2D eigenvalue weighted by Gasteiger charge is 2.07. The van der Waals surface area contributed by atoms with Crippen LogP contribution >= 0.6 is 27.5 Å². The van der Waals surface area contributed by atoms with Gasteiger partial charge >= 0.3 is 0 Å². The lowest BCUT2D eigenvalue weighted by molar-refractivity contribution is 0.284. The van der Waals surface area contributed by atoms with Gasteiger partial charge in [0, 0.05) is 23.3 Å². The van der Waals surface area contributed by atoms with E-state index in [2.05, 4.69) is 20.9 Å². The molecule has 0 saturated carbocycles. The summed E-state index contributed by atoms with van der Waals surface area (Å²) in [4.78, 5) is 3.94. The van der Waals surface area contributed by atoms with Gasteiger partial charge in [-0.3, -0.25) is 4.98 Å². The van der Waals surface area contributed by atoms with E-state index < -0.39 is 0 Å². The Morgan fingerprint density at radius 3 is 2.79 bits per heavy atom. The van der Waals surface area contributed by atoms with Crippen LogP contribution in [0.3, 0.4) is 0 Å². The maximum absolute atomic E-state index is 6.03. The highest BCUT2D eigenvalue weighted by Crippen LogP contribution is 2.30. The van der Waals surface area contributed by atoms with Crippen molar-refractivity contribution < 1.29 is 9.47 Å². The number of methoxy groups -OCH3 is 1. The first-order chi connectivity index (χ1) is 9.24. The summed E-state index contributed by atoms with van der Waals surface area (Å²) >= 11 is 9.44. The average molecular weight is 343 g/mol. The van der Waals surface area contributed by atoms with Gasteiger partial charge in [-0.2, -0.15) is 0 Å². The predicted octanol–water partition coefficient (Wildman–Crippen LogP) is 4.22. The topological polar surface area (TPSA) is 31.4 Å². The van der Waals surface area contributed by atoms with Crippen molar-refractivity contribution in [3.63, 3.8) is 0 Å². The van der Waals surface area contributed by atoms with E-state index in [1.165, 1.54) is 0 Å². The molecule has 1 aromatic carbocycles. The van der Waals surface area contributed by atoms with Crippen molar-refractivity contribution in [1.29, 1.82) is 0 Å². The van der Waals surface area contributed by atoms with Gasteiger partial charge in [0.1, 0.15) is 6.61 Å². The second-order valence-corrected chi connectivity index (χ2v) is 4.84. The van der Waals surface area contributed by atoms with E-state index in [1.54, 1.807) is 19.5 Å². The third kappa shape index (κ3) is 3.61. The van der Waals surface area contributed by atoms with Gasteiger partial charge in [0.05, 0.1) is 12.1 Å². The third-order valence-electron chi connectivity index (χ3n) is 2.62. The summed E-state index contributed by atoms with van der Waals surface area (Å²) in [5.41, 5.74) is 2.02. The number of aromatic nitrogens is 1. The Labute approximate surface area is 125 Å². The van der Waals surface area contributed by atoms with E-state index in [0.29, 0.717) is 23.1 Å². The van der Waals surface area contributed by atoms with Crippen molar-refractivity contribution in [2.24, 2.45) is 0 Å². The van der Waals surface area contributed by atoms with E-state index in [4.69, 9.17) is 21.1 Å². The van der Waals surface area contributed by atoms with E-state index >= 15 is 0 Å². The standard InChI is InChI=1S/C14H13BrClNO2/c1-18-14-6-10(7-15)2-3-13(14)19-9-11-4-5-17-8-12(11)16/h2-6,8H,7,9H2,1H3. The summed E-state index contributed by atoms with van der Waals surface area (Å²) in [6.07, 6.45) is 3.29. The average Bonchev–Trinajstić information content (AvgIpc) is 2.46. The Balaban J connectivity index is 2.13. The minimum atomic E-state index is 0.380. The molecular formula is C14H13BrClNO2. The molecule has 2 aromatic rings. The molecule has 0 aliphatic carbocycles. The van der Waals surface area contributed by atoms with Crippen LogP contribution in [0.25, 0.3) is 0 Å². The molecule has 1 heterocycles. The maximum Gasteiger partial charge on any atom is 0.161 e. The van der Waals surface area contributed by atoms with Crippen LogP contribution in [0.5, 0.6) is 11.5 Å². The zero-order valence-corrected chi connectivity index (χ0v) is 12.7. The smallest absolute Gasteiger partial charge is 0.161 e. The number of rotatable bonds is 5. The van der Waals surface area contributed by atoms with E-state index in [9.17, 15) is 0 Å². The number of hydrogen-bond donors (Lipinski definition) is 0. The Morgan fingerprint density at radius 2 is 2.11 bits per heavy atom. The van der Waals surface area contributed by atoms with Crippen molar-refractivity contribution in [1.82, 2.24) is 4.98 Å². The lowest BCUT2D eigenvalue weighted by atomic mass is 10.2. The van der Waals surface area contributed by atoms with Crippen LogP contribution in [-0.2, 0) is 11.9 Å². The molecule has 3 nitrogen and oxygen atoms in total. The Kier molecular flexibility index (Phi) is 5.05. The monoisotopic (exact) mass is 341 g/mol. The molecule has 0 saturated heterocycles. The minimum Gasteiger partial charge on any atom is -0.493 e. The fourth-order valence-electron chi connectivity index (χ4n) is 1.59. The molecule has 0 unspecified atom stereocenters. The summed E-state index contributed by atoms with van der Waals surface area (Å²) in [5.74, 6) is 1.40. The second kappa shape index (κ2) is 6.78. The molecule has 0 spiro atoms. The summed E-state index contributed by atoms with van der Waals surface area (Å²) in [7, 11) is 1.62. The number of hydrogen-bond acceptors (Lipinski definition) is 3. The van der Waals surface area contributed by atoms with E-state index in [-0.39, 0.29) is 0 Å². The molecule has 0 fully saturated rings. The van der Waals surface area contributed by atoms with Crippen LogP contribution in [0.1, 0.15) is 11.1 Å². The Hall–Kier alpha value is -1.26. The van der Waals surface area contributed by atoms with Crippen LogP contribution in [0.2, 0.25) is 5.02 Å². The molecule has 0 aliphatic rings. The van der Waals surface area contributed by atoms with Gasteiger partial charge in [0.25, 0.3) is 0 Å². The minimum absolute atomic E-state index is 0.380. The van der Waals surface area contributed by atoms with Crippen molar-refractivity contribution in [2.75, 3.05) is 7.11 Å². The van der Waals surface area contributed by atoms with Gasteiger partial charge in [0.15, 0.2) is 11.5 Å². The second-order valence-electron chi connectivity index (χ2n) is 3.87. The molecule has 0 bridgehead atoms. The lowest BCUT2D eigenvalue weighted by Crippen LogP contribution is -1.99.